The second-order valence-corrected chi connectivity index (χ2v) is 3.03. The Morgan fingerprint density at radius 1 is 1.07 bits per heavy atom. The molecule has 1 N–H and O–H groups in total. The molecule has 0 bridgehead atoms. The van der Waals surface area contributed by atoms with E-state index in [1.807, 2.05) is 6.92 Å². The van der Waals surface area contributed by atoms with Crippen LogP contribution in [0.5, 0.6) is 0 Å². The molecule has 1 rings (SSSR count). The van der Waals surface area contributed by atoms with E-state index >= 15 is 0 Å². The fourth-order valence-electron chi connectivity index (χ4n) is 1.06. The lowest BCUT2D eigenvalue weighted by atomic mass is 10.2. The standard InChI is InChI=1S/C10H12F3N/c1-2-3-4-14-10-6-8(12)7(11)5-9(10)13/h5-6,14H,2-4H2,1H3. The summed E-state index contributed by atoms with van der Waals surface area (Å²) >= 11 is 0. The highest BCUT2D eigenvalue weighted by Gasteiger charge is 2.08. The molecule has 0 spiro atoms. The molecule has 0 atom stereocenters. The molecule has 1 aromatic carbocycles. The monoisotopic (exact) mass is 203 g/mol. The minimum absolute atomic E-state index is 0.0114. The highest BCUT2D eigenvalue weighted by molar-refractivity contribution is 5.45. The number of nitrogens with one attached hydrogen (secondary N) is 1. The molecule has 0 heterocycles. The number of hydrogen-bond acceptors (Lipinski definition) is 1. The zero-order valence-corrected chi connectivity index (χ0v) is 7.91. The normalized spacial score (nSPS) is 10.3. The Hall–Kier alpha value is -1.19. The second kappa shape index (κ2) is 4.88. The van der Waals surface area contributed by atoms with Gasteiger partial charge in [-0.1, -0.05) is 13.3 Å². The number of anilines is 1. The molecule has 0 saturated carbocycles. The Morgan fingerprint density at radius 2 is 1.71 bits per heavy atom. The lowest BCUT2D eigenvalue weighted by Gasteiger charge is -2.06. The molecule has 0 amide bonds. The van der Waals surface area contributed by atoms with Crippen LogP contribution in [0.2, 0.25) is 0 Å². The van der Waals surface area contributed by atoms with Crippen LogP contribution < -0.4 is 5.32 Å². The Labute approximate surface area is 80.9 Å². The van der Waals surface area contributed by atoms with Crippen LogP contribution in [0.3, 0.4) is 0 Å². The van der Waals surface area contributed by atoms with Crippen LogP contribution in [0.1, 0.15) is 19.8 Å². The molecule has 0 unspecified atom stereocenters. The second-order valence-electron chi connectivity index (χ2n) is 3.03. The molecule has 0 fully saturated rings. The lowest BCUT2D eigenvalue weighted by Crippen LogP contribution is -2.04. The number of rotatable bonds is 4. The molecule has 0 saturated heterocycles. The summed E-state index contributed by atoms with van der Waals surface area (Å²) in [4.78, 5) is 0. The Kier molecular flexibility index (Phi) is 3.80. The van der Waals surface area contributed by atoms with Gasteiger partial charge in [-0.3, -0.25) is 0 Å². The summed E-state index contributed by atoms with van der Waals surface area (Å²) in [7, 11) is 0. The molecule has 14 heavy (non-hydrogen) atoms. The van der Waals surface area contributed by atoms with Gasteiger partial charge in [0.25, 0.3) is 0 Å². The SMILES string of the molecule is CCCCNc1cc(F)c(F)cc1F. The average molecular weight is 203 g/mol. The minimum atomic E-state index is -1.16. The molecular weight excluding hydrogens is 191 g/mol. The highest BCUT2D eigenvalue weighted by atomic mass is 19.2. The van der Waals surface area contributed by atoms with Crippen LogP contribution >= 0.6 is 0 Å². The van der Waals surface area contributed by atoms with Gasteiger partial charge in [-0.2, -0.15) is 0 Å². The fourth-order valence-corrected chi connectivity index (χ4v) is 1.06. The zero-order chi connectivity index (χ0) is 10.6. The fraction of sp³-hybridized carbons (Fsp3) is 0.400. The smallest absolute Gasteiger partial charge is 0.161 e. The summed E-state index contributed by atoms with van der Waals surface area (Å²) in [5, 5.41) is 2.70. The Balaban J connectivity index is 2.72. The van der Waals surface area contributed by atoms with E-state index in [9.17, 15) is 13.2 Å². The van der Waals surface area contributed by atoms with Crippen molar-refractivity contribution in [3.05, 3.63) is 29.6 Å². The summed E-state index contributed by atoms with van der Waals surface area (Å²) < 4.78 is 38.2. The molecule has 78 valence electrons. The summed E-state index contributed by atoms with van der Waals surface area (Å²) in [6, 6.07) is 1.38. The molecule has 0 aromatic heterocycles. The van der Waals surface area contributed by atoms with Crippen LogP contribution in [0, 0.1) is 17.5 Å². The predicted molar refractivity (Wildman–Crippen MR) is 49.7 cm³/mol. The maximum absolute atomic E-state index is 13.0. The maximum Gasteiger partial charge on any atom is 0.161 e. The number of benzene rings is 1. The number of unbranched alkanes of at least 4 members (excludes halogenated alkanes) is 1. The van der Waals surface area contributed by atoms with Gasteiger partial charge in [-0.05, 0) is 6.42 Å². The van der Waals surface area contributed by atoms with E-state index in [4.69, 9.17) is 0 Å². The van der Waals surface area contributed by atoms with Gasteiger partial charge in [0.05, 0.1) is 5.69 Å². The topological polar surface area (TPSA) is 12.0 Å². The lowest BCUT2D eigenvalue weighted by molar-refractivity contribution is 0.496. The molecule has 0 radical (unpaired) electrons. The van der Waals surface area contributed by atoms with Gasteiger partial charge in [0.2, 0.25) is 0 Å². The van der Waals surface area contributed by atoms with E-state index in [1.54, 1.807) is 0 Å². The van der Waals surface area contributed by atoms with Crippen molar-refractivity contribution >= 4 is 5.69 Å². The first kappa shape index (κ1) is 10.9. The maximum atomic E-state index is 13.0. The van der Waals surface area contributed by atoms with Gasteiger partial charge < -0.3 is 5.32 Å². The van der Waals surface area contributed by atoms with Gasteiger partial charge in [0, 0.05) is 18.7 Å². The third-order valence-corrected chi connectivity index (χ3v) is 1.86. The highest BCUT2D eigenvalue weighted by Crippen LogP contribution is 2.18. The number of hydrogen-bond donors (Lipinski definition) is 1. The molecule has 0 aliphatic carbocycles. The van der Waals surface area contributed by atoms with Crippen molar-refractivity contribution < 1.29 is 13.2 Å². The van der Waals surface area contributed by atoms with Crippen LogP contribution in [-0.4, -0.2) is 6.54 Å². The van der Waals surface area contributed by atoms with Gasteiger partial charge >= 0.3 is 0 Å². The molecule has 1 aromatic rings. The van der Waals surface area contributed by atoms with Crippen molar-refractivity contribution in [2.75, 3.05) is 11.9 Å². The predicted octanol–water partition coefficient (Wildman–Crippen LogP) is 3.32. The van der Waals surface area contributed by atoms with Crippen molar-refractivity contribution in [3.8, 4) is 0 Å². The van der Waals surface area contributed by atoms with E-state index in [2.05, 4.69) is 5.32 Å². The number of halogens is 3. The summed E-state index contributed by atoms with van der Waals surface area (Å²) in [5.74, 6) is -2.96. The third kappa shape index (κ3) is 2.65. The average Bonchev–Trinajstić information content (AvgIpc) is 2.14. The van der Waals surface area contributed by atoms with Crippen LogP contribution in [-0.2, 0) is 0 Å². The molecule has 4 heteroatoms. The minimum Gasteiger partial charge on any atom is -0.383 e. The molecular formula is C10H12F3N. The Morgan fingerprint density at radius 3 is 2.36 bits per heavy atom. The molecule has 1 nitrogen and oxygen atoms in total. The van der Waals surface area contributed by atoms with E-state index in [0.29, 0.717) is 12.6 Å². The molecule has 0 aliphatic rings. The van der Waals surface area contributed by atoms with Crippen molar-refractivity contribution in [2.24, 2.45) is 0 Å². The van der Waals surface area contributed by atoms with Gasteiger partial charge in [0.15, 0.2) is 11.6 Å². The zero-order valence-electron chi connectivity index (χ0n) is 7.91. The van der Waals surface area contributed by atoms with Crippen LogP contribution in [0.15, 0.2) is 12.1 Å². The summed E-state index contributed by atoms with van der Waals surface area (Å²) in [6.45, 7) is 2.54. The van der Waals surface area contributed by atoms with E-state index in [1.165, 1.54) is 0 Å². The van der Waals surface area contributed by atoms with Crippen molar-refractivity contribution in [1.82, 2.24) is 0 Å². The quantitative estimate of drug-likeness (QED) is 0.584. The van der Waals surface area contributed by atoms with E-state index in [0.717, 1.165) is 18.9 Å². The summed E-state index contributed by atoms with van der Waals surface area (Å²) in [6.07, 6.45) is 1.82. The first-order valence-electron chi connectivity index (χ1n) is 4.53. The van der Waals surface area contributed by atoms with Gasteiger partial charge in [0.1, 0.15) is 5.82 Å². The van der Waals surface area contributed by atoms with E-state index in [-0.39, 0.29) is 5.69 Å². The van der Waals surface area contributed by atoms with E-state index < -0.39 is 17.5 Å². The summed E-state index contributed by atoms with van der Waals surface area (Å²) in [5.41, 5.74) is 0.0114. The van der Waals surface area contributed by atoms with Crippen LogP contribution in [0.25, 0.3) is 0 Å². The van der Waals surface area contributed by atoms with Gasteiger partial charge in [-0.25, -0.2) is 13.2 Å². The van der Waals surface area contributed by atoms with Crippen molar-refractivity contribution in [3.63, 3.8) is 0 Å². The Bertz CT molecular complexity index is 312. The first-order valence-corrected chi connectivity index (χ1v) is 4.53. The van der Waals surface area contributed by atoms with Crippen LogP contribution in [0.4, 0.5) is 18.9 Å². The largest absolute Gasteiger partial charge is 0.383 e. The third-order valence-electron chi connectivity index (χ3n) is 1.86. The molecule has 0 aliphatic heterocycles. The van der Waals surface area contributed by atoms with Gasteiger partial charge in [-0.15, -0.1) is 0 Å². The first-order chi connectivity index (χ1) is 6.65. The van der Waals surface area contributed by atoms with Crippen molar-refractivity contribution in [1.29, 1.82) is 0 Å². The van der Waals surface area contributed by atoms with Crippen molar-refractivity contribution in [2.45, 2.75) is 19.8 Å².